The van der Waals surface area contributed by atoms with Crippen LogP contribution in [-0.2, 0) is 6.42 Å². The Morgan fingerprint density at radius 2 is 1.92 bits per heavy atom. The van der Waals surface area contributed by atoms with E-state index in [-0.39, 0.29) is 0 Å². The molecule has 0 saturated heterocycles. The number of rotatable bonds is 0. The molecule has 0 radical (unpaired) electrons. The molecular weight excluding hydrogens is 164 g/mol. The van der Waals surface area contributed by atoms with E-state index in [0.29, 0.717) is 6.79 Å². The summed E-state index contributed by atoms with van der Waals surface area (Å²) < 4.78 is 10.6. The van der Waals surface area contributed by atoms with E-state index < -0.39 is 0 Å². The van der Waals surface area contributed by atoms with Gasteiger partial charge in [0.1, 0.15) is 0 Å². The predicted octanol–water partition coefficient (Wildman–Crippen LogP) is 2.37. The van der Waals surface area contributed by atoms with Crippen molar-refractivity contribution in [2.24, 2.45) is 0 Å². The minimum Gasteiger partial charge on any atom is -0.454 e. The van der Waals surface area contributed by atoms with Crippen LogP contribution in [0.1, 0.15) is 17.5 Å². The SMILES string of the molecule is C1=Cc2cc3c(cc2CC1)OCO3. The molecule has 0 amide bonds. The maximum atomic E-state index is 5.32. The Morgan fingerprint density at radius 3 is 2.85 bits per heavy atom. The number of ether oxygens (including phenoxy) is 2. The highest BCUT2D eigenvalue weighted by atomic mass is 16.7. The Kier molecular flexibility index (Phi) is 1.36. The summed E-state index contributed by atoms with van der Waals surface area (Å²) in [5.41, 5.74) is 2.64. The molecule has 1 aromatic rings. The molecule has 2 nitrogen and oxygen atoms in total. The first-order chi connectivity index (χ1) is 6.43. The van der Waals surface area contributed by atoms with E-state index in [1.165, 1.54) is 11.1 Å². The lowest BCUT2D eigenvalue weighted by Crippen LogP contribution is -1.93. The van der Waals surface area contributed by atoms with Gasteiger partial charge >= 0.3 is 0 Å². The van der Waals surface area contributed by atoms with Gasteiger partial charge in [-0.05, 0) is 36.1 Å². The molecule has 3 rings (SSSR count). The van der Waals surface area contributed by atoms with Crippen LogP contribution in [0.25, 0.3) is 6.08 Å². The molecule has 2 aliphatic rings. The maximum Gasteiger partial charge on any atom is 0.231 e. The molecule has 66 valence electrons. The van der Waals surface area contributed by atoms with Gasteiger partial charge in [-0.1, -0.05) is 12.2 Å². The van der Waals surface area contributed by atoms with Gasteiger partial charge in [0.15, 0.2) is 11.5 Å². The predicted molar refractivity (Wildman–Crippen MR) is 49.9 cm³/mol. The summed E-state index contributed by atoms with van der Waals surface area (Å²) >= 11 is 0. The Hall–Kier alpha value is -1.44. The van der Waals surface area contributed by atoms with Gasteiger partial charge in [-0.3, -0.25) is 0 Å². The summed E-state index contributed by atoms with van der Waals surface area (Å²) in [5, 5.41) is 0. The number of fused-ring (bicyclic) bond motifs is 2. The highest BCUT2D eigenvalue weighted by Crippen LogP contribution is 2.36. The van der Waals surface area contributed by atoms with Crippen molar-refractivity contribution >= 4 is 6.08 Å². The molecular formula is C11H10O2. The first-order valence-corrected chi connectivity index (χ1v) is 4.52. The number of hydrogen-bond acceptors (Lipinski definition) is 2. The van der Waals surface area contributed by atoms with Gasteiger partial charge in [-0.2, -0.15) is 0 Å². The summed E-state index contributed by atoms with van der Waals surface area (Å²) in [5.74, 6) is 1.78. The fourth-order valence-electron chi connectivity index (χ4n) is 1.82. The van der Waals surface area contributed by atoms with Gasteiger partial charge in [0, 0.05) is 0 Å². The third kappa shape index (κ3) is 1.02. The second-order valence-electron chi connectivity index (χ2n) is 3.35. The van der Waals surface area contributed by atoms with Gasteiger partial charge in [0.05, 0.1) is 0 Å². The molecule has 1 heterocycles. The molecule has 0 atom stereocenters. The van der Waals surface area contributed by atoms with Crippen molar-refractivity contribution in [1.29, 1.82) is 0 Å². The monoisotopic (exact) mass is 174 g/mol. The summed E-state index contributed by atoms with van der Waals surface area (Å²) in [6.07, 6.45) is 6.60. The van der Waals surface area contributed by atoms with Crippen molar-refractivity contribution in [2.75, 3.05) is 6.79 Å². The lowest BCUT2D eigenvalue weighted by atomic mass is 9.97. The van der Waals surface area contributed by atoms with Crippen molar-refractivity contribution in [3.63, 3.8) is 0 Å². The Balaban J connectivity index is 2.18. The first kappa shape index (κ1) is 7.01. The normalized spacial score (nSPS) is 17.2. The molecule has 0 spiro atoms. The van der Waals surface area contributed by atoms with Crippen molar-refractivity contribution < 1.29 is 9.47 Å². The quantitative estimate of drug-likeness (QED) is 0.601. The second-order valence-corrected chi connectivity index (χ2v) is 3.35. The fraction of sp³-hybridized carbons (Fsp3) is 0.273. The molecule has 0 N–H and O–H groups in total. The van der Waals surface area contributed by atoms with E-state index in [2.05, 4.69) is 24.3 Å². The largest absolute Gasteiger partial charge is 0.454 e. The van der Waals surface area contributed by atoms with E-state index in [1.54, 1.807) is 0 Å². The van der Waals surface area contributed by atoms with E-state index in [0.717, 1.165) is 24.3 Å². The Morgan fingerprint density at radius 1 is 1.08 bits per heavy atom. The van der Waals surface area contributed by atoms with Crippen LogP contribution in [0.3, 0.4) is 0 Å². The molecule has 0 bridgehead atoms. The zero-order valence-electron chi connectivity index (χ0n) is 7.25. The summed E-state index contributed by atoms with van der Waals surface area (Å²) in [7, 11) is 0. The molecule has 1 aliphatic heterocycles. The fourth-order valence-corrected chi connectivity index (χ4v) is 1.82. The lowest BCUT2D eigenvalue weighted by Gasteiger charge is -2.10. The number of benzene rings is 1. The first-order valence-electron chi connectivity index (χ1n) is 4.52. The van der Waals surface area contributed by atoms with Crippen LogP contribution >= 0.6 is 0 Å². The second kappa shape index (κ2) is 2.52. The number of aryl methyl sites for hydroxylation is 1. The molecule has 0 fully saturated rings. The molecule has 2 heteroatoms. The third-order valence-electron chi connectivity index (χ3n) is 2.51. The van der Waals surface area contributed by atoms with Crippen LogP contribution in [0.5, 0.6) is 11.5 Å². The zero-order chi connectivity index (χ0) is 8.67. The van der Waals surface area contributed by atoms with E-state index in [1.807, 2.05) is 0 Å². The molecule has 0 aromatic heterocycles. The van der Waals surface area contributed by atoms with Crippen LogP contribution in [0.4, 0.5) is 0 Å². The third-order valence-corrected chi connectivity index (χ3v) is 2.51. The van der Waals surface area contributed by atoms with E-state index in [4.69, 9.17) is 9.47 Å². The van der Waals surface area contributed by atoms with Gasteiger partial charge < -0.3 is 9.47 Å². The van der Waals surface area contributed by atoms with E-state index in [9.17, 15) is 0 Å². The summed E-state index contributed by atoms with van der Waals surface area (Å²) in [4.78, 5) is 0. The van der Waals surface area contributed by atoms with Gasteiger partial charge in [-0.25, -0.2) is 0 Å². The molecule has 0 unspecified atom stereocenters. The van der Waals surface area contributed by atoms with Gasteiger partial charge in [0.25, 0.3) is 0 Å². The van der Waals surface area contributed by atoms with Crippen LogP contribution in [0.15, 0.2) is 18.2 Å². The van der Waals surface area contributed by atoms with Crippen LogP contribution in [0, 0.1) is 0 Å². The average Bonchev–Trinajstić information content (AvgIpc) is 2.61. The van der Waals surface area contributed by atoms with Gasteiger partial charge in [-0.15, -0.1) is 0 Å². The van der Waals surface area contributed by atoms with Crippen LogP contribution in [0.2, 0.25) is 0 Å². The summed E-state index contributed by atoms with van der Waals surface area (Å²) in [6.45, 7) is 0.363. The van der Waals surface area contributed by atoms with Crippen LogP contribution in [-0.4, -0.2) is 6.79 Å². The van der Waals surface area contributed by atoms with Crippen molar-refractivity contribution in [2.45, 2.75) is 12.8 Å². The minimum atomic E-state index is 0.363. The smallest absolute Gasteiger partial charge is 0.231 e. The summed E-state index contributed by atoms with van der Waals surface area (Å²) in [6, 6.07) is 4.16. The maximum absolute atomic E-state index is 5.32. The number of hydrogen-bond donors (Lipinski definition) is 0. The molecule has 1 aromatic carbocycles. The van der Waals surface area contributed by atoms with Gasteiger partial charge in [0.2, 0.25) is 6.79 Å². The highest BCUT2D eigenvalue weighted by molar-refractivity contribution is 5.62. The molecule has 1 aliphatic carbocycles. The lowest BCUT2D eigenvalue weighted by molar-refractivity contribution is 0.174. The van der Waals surface area contributed by atoms with Crippen LogP contribution < -0.4 is 9.47 Å². The minimum absolute atomic E-state index is 0.363. The standard InChI is InChI=1S/C11H10O2/c1-2-4-9-6-11-10(12-7-13-11)5-8(9)3-1/h1,3,5-6H,2,4,7H2. The zero-order valence-corrected chi connectivity index (χ0v) is 7.25. The van der Waals surface area contributed by atoms with Crippen molar-refractivity contribution in [1.82, 2.24) is 0 Å². The topological polar surface area (TPSA) is 18.5 Å². The number of allylic oxidation sites excluding steroid dienone is 1. The van der Waals surface area contributed by atoms with Crippen molar-refractivity contribution in [3.05, 3.63) is 29.3 Å². The van der Waals surface area contributed by atoms with Crippen molar-refractivity contribution in [3.8, 4) is 11.5 Å². The highest BCUT2D eigenvalue weighted by Gasteiger charge is 2.16. The van der Waals surface area contributed by atoms with E-state index >= 15 is 0 Å². The Labute approximate surface area is 76.8 Å². The molecule has 13 heavy (non-hydrogen) atoms. The average molecular weight is 174 g/mol. The Bertz CT molecular complexity index is 380. The molecule has 0 saturated carbocycles.